The van der Waals surface area contributed by atoms with Gasteiger partial charge in [0, 0.05) is 12.6 Å². The largest absolute Gasteiger partial charge is 0.469 e. The quantitative estimate of drug-likeness (QED) is 0.789. The van der Waals surface area contributed by atoms with Gasteiger partial charge in [0.15, 0.2) is 0 Å². The van der Waals surface area contributed by atoms with Gasteiger partial charge in [-0.3, -0.25) is 9.48 Å². The highest BCUT2D eigenvalue weighted by Gasteiger charge is 2.21. The third kappa shape index (κ3) is 2.49. The van der Waals surface area contributed by atoms with E-state index in [1.54, 1.807) is 14.0 Å². The molecule has 0 aromatic carbocycles. The standard InChI is InChI=1S/C9H13ClN2O3/c1-5-8(9(10)12(2)11-5)6(13)4-7(14)15-3/h6,13H,4H2,1-3H3. The van der Waals surface area contributed by atoms with Gasteiger partial charge in [-0.25, -0.2) is 0 Å². The monoisotopic (exact) mass is 232 g/mol. The molecule has 1 aromatic rings. The Hall–Kier alpha value is -1.07. The number of ether oxygens (including phenoxy) is 1. The van der Waals surface area contributed by atoms with Crippen molar-refractivity contribution in [2.45, 2.75) is 19.4 Å². The lowest BCUT2D eigenvalue weighted by Gasteiger charge is -2.08. The van der Waals surface area contributed by atoms with Crippen molar-refractivity contribution in [2.75, 3.05) is 7.11 Å². The normalized spacial score (nSPS) is 12.6. The number of hydrogen-bond acceptors (Lipinski definition) is 4. The number of nitrogens with zero attached hydrogens (tertiary/aromatic N) is 2. The SMILES string of the molecule is COC(=O)CC(O)c1c(C)nn(C)c1Cl. The molecule has 1 heterocycles. The maximum atomic E-state index is 11.0. The van der Waals surface area contributed by atoms with Gasteiger partial charge in [-0.2, -0.15) is 5.10 Å². The molecular formula is C9H13ClN2O3. The maximum absolute atomic E-state index is 11.0. The van der Waals surface area contributed by atoms with Crippen molar-refractivity contribution in [2.24, 2.45) is 7.05 Å². The summed E-state index contributed by atoms with van der Waals surface area (Å²) in [5.41, 5.74) is 1.09. The van der Waals surface area contributed by atoms with E-state index in [0.29, 0.717) is 16.4 Å². The maximum Gasteiger partial charge on any atom is 0.308 e. The Kier molecular flexibility index (Phi) is 3.71. The number of aryl methyl sites for hydroxylation is 2. The molecule has 1 unspecified atom stereocenters. The van der Waals surface area contributed by atoms with Crippen LogP contribution in [-0.2, 0) is 16.6 Å². The minimum atomic E-state index is -0.973. The number of methoxy groups -OCH3 is 1. The summed E-state index contributed by atoms with van der Waals surface area (Å²) in [6, 6.07) is 0. The Bertz CT molecular complexity index is 376. The van der Waals surface area contributed by atoms with E-state index in [4.69, 9.17) is 11.6 Å². The van der Waals surface area contributed by atoms with Crippen LogP contribution in [0, 0.1) is 6.92 Å². The lowest BCUT2D eigenvalue weighted by atomic mass is 10.1. The second-order valence-electron chi connectivity index (χ2n) is 3.21. The summed E-state index contributed by atoms with van der Waals surface area (Å²) >= 11 is 5.92. The molecule has 0 bridgehead atoms. The first-order chi connectivity index (χ1) is 6.97. The second kappa shape index (κ2) is 4.63. The molecule has 0 fully saturated rings. The van der Waals surface area contributed by atoms with Gasteiger partial charge in [0.2, 0.25) is 0 Å². The fourth-order valence-corrected chi connectivity index (χ4v) is 1.67. The van der Waals surface area contributed by atoms with E-state index in [0.717, 1.165) is 0 Å². The van der Waals surface area contributed by atoms with E-state index in [-0.39, 0.29) is 6.42 Å². The van der Waals surface area contributed by atoms with Gasteiger partial charge < -0.3 is 9.84 Å². The van der Waals surface area contributed by atoms with Gasteiger partial charge in [0.05, 0.1) is 25.3 Å². The molecule has 6 heteroatoms. The molecule has 0 amide bonds. The first kappa shape index (κ1) is 12.0. The predicted molar refractivity (Wildman–Crippen MR) is 54.5 cm³/mol. The molecule has 1 rings (SSSR count). The van der Waals surface area contributed by atoms with Crippen molar-refractivity contribution in [3.05, 3.63) is 16.4 Å². The Morgan fingerprint density at radius 2 is 2.33 bits per heavy atom. The molecule has 1 aromatic heterocycles. The highest BCUT2D eigenvalue weighted by Crippen LogP contribution is 2.27. The van der Waals surface area contributed by atoms with E-state index in [1.807, 2.05) is 0 Å². The van der Waals surface area contributed by atoms with Crippen molar-refractivity contribution >= 4 is 17.6 Å². The molecule has 0 aliphatic carbocycles. The number of rotatable bonds is 3. The zero-order valence-electron chi connectivity index (χ0n) is 8.82. The van der Waals surface area contributed by atoms with Crippen LogP contribution in [0.5, 0.6) is 0 Å². The molecular weight excluding hydrogens is 220 g/mol. The van der Waals surface area contributed by atoms with E-state index in [2.05, 4.69) is 9.84 Å². The van der Waals surface area contributed by atoms with E-state index < -0.39 is 12.1 Å². The van der Waals surface area contributed by atoms with Crippen LogP contribution in [0.2, 0.25) is 5.15 Å². The van der Waals surface area contributed by atoms with Gasteiger partial charge in [-0.1, -0.05) is 11.6 Å². The summed E-state index contributed by atoms with van der Waals surface area (Å²) < 4.78 is 5.91. The fourth-order valence-electron chi connectivity index (χ4n) is 1.37. The molecule has 15 heavy (non-hydrogen) atoms. The third-order valence-electron chi connectivity index (χ3n) is 2.12. The molecule has 1 atom stereocenters. The van der Waals surface area contributed by atoms with Crippen molar-refractivity contribution in [3.63, 3.8) is 0 Å². The van der Waals surface area contributed by atoms with Crippen molar-refractivity contribution < 1.29 is 14.6 Å². The summed E-state index contributed by atoms with van der Waals surface area (Å²) in [7, 11) is 2.94. The van der Waals surface area contributed by atoms with Crippen LogP contribution < -0.4 is 0 Å². The van der Waals surface area contributed by atoms with E-state index in [1.165, 1.54) is 11.8 Å². The number of hydrogen-bond donors (Lipinski definition) is 1. The number of carbonyl (C=O) groups excluding carboxylic acids is 1. The van der Waals surface area contributed by atoms with Crippen molar-refractivity contribution in [1.29, 1.82) is 0 Å². The molecule has 5 nitrogen and oxygen atoms in total. The average Bonchev–Trinajstić information content (AvgIpc) is 2.41. The number of carbonyl (C=O) groups is 1. The summed E-state index contributed by atoms with van der Waals surface area (Å²) in [6.07, 6.45) is -1.10. The van der Waals surface area contributed by atoms with E-state index in [9.17, 15) is 9.90 Å². The summed E-state index contributed by atoms with van der Waals surface area (Å²) in [4.78, 5) is 11.0. The Balaban J connectivity index is 2.90. The summed E-state index contributed by atoms with van der Waals surface area (Å²) in [5, 5.41) is 14.1. The van der Waals surface area contributed by atoms with E-state index >= 15 is 0 Å². The van der Waals surface area contributed by atoms with Gasteiger partial charge in [-0.05, 0) is 6.92 Å². The molecule has 0 aliphatic heterocycles. The molecule has 0 saturated heterocycles. The van der Waals surface area contributed by atoms with Crippen LogP contribution >= 0.6 is 11.6 Å². The fraction of sp³-hybridized carbons (Fsp3) is 0.556. The molecule has 0 aliphatic rings. The minimum Gasteiger partial charge on any atom is -0.469 e. The Morgan fingerprint density at radius 3 is 2.73 bits per heavy atom. The van der Waals surface area contributed by atoms with Crippen LogP contribution in [-0.4, -0.2) is 28.0 Å². The number of esters is 1. The highest BCUT2D eigenvalue weighted by molar-refractivity contribution is 6.30. The number of halogens is 1. The second-order valence-corrected chi connectivity index (χ2v) is 3.57. The smallest absolute Gasteiger partial charge is 0.308 e. The van der Waals surface area contributed by atoms with Crippen LogP contribution in [0.25, 0.3) is 0 Å². The van der Waals surface area contributed by atoms with Crippen molar-refractivity contribution in [3.8, 4) is 0 Å². The predicted octanol–water partition coefficient (Wildman–Crippen LogP) is 0.978. The molecule has 0 spiro atoms. The highest BCUT2D eigenvalue weighted by atomic mass is 35.5. The van der Waals surface area contributed by atoms with Gasteiger partial charge >= 0.3 is 5.97 Å². The molecule has 0 saturated carbocycles. The van der Waals surface area contributed by atoms with Crippen LogP contribution in [0.15, 0.2) is 0 Å². The zero-order chi connectivity index (χ0) is 11.6. The number of aliphatic hydroxyl groups excluding tert-OH is 1. The lowest BCUT2D eigenvalue weighted by molar-refractivity contribution is -0.142. The third-order valence-corrected chi connectivity index (χ3v) is 2.57. The van der Waals surface area contributed by atoms with Crippen LogP contribution in [0.4, 0.5) is 0 Å². The number of aromatic nitrogens is 2. The molecule has 1 N–H and O–H groups in total. The van der Waals surface area contributed by atoms with Gasteiger partial charge in [0.1, 0.15) is 5.15 Å². The lowest BCUT2D eigenvalue weighted by Crippen LogP contribution is -2.08. The van der Waals surface area contributed by atoms with Gasteiger partial charge in [-0.15, -0.1) is 0 Å². The van der Waals surface area contributed by atoms with Crippen LogP contribution in [0.1, 0.15) is 23.8 Å². The first-order valence-corrected chi connectivity index (χ1v) is 4.79. The van der Waals surface area contributed by atoms with Crippen LogP contribution in [0.3, 0.4) is 0 Å². The molecule has 0 radical (unpaired) electrons. The minimum absolute atomic E-state index is 0.122. The summed E-state index contributed by atoms with van der Waals surface area (Å²) in [6.45, 7) is 1.72. The molecule has 84 valence electrons. The number of aliphatic hydroxyl groups is 1. The Morgan fingerprint density at radius 1 is 1.73 bits per heavy atom. The van der Waals surface area contributed by atoms with Crippen molar-refractivity contribution in [1.82, 2.24) is 9.78 Å². The zero-order valence-corrected chi connectivity index (χ0v) is 9.58. The average molecular weight is 233 g/mol. The van der Waals surface area contributed by atoms with Gasteiger partial charge in [0.25, 0.3) is 0 Å². The summed E-state index contributed by atoms with van der Waals surface area (Å²) in [5.74, 6) is -0.484. The topological polar surface area (TPSA) is 64.3 Å². The first-order valence-electron chi connectivity index (χ1n) is 4.41. The Labute approximate surface area is 92.6 Å².